The molecule has 2 aromatic rings. The van der Waals surface area contributed by atoms with Gasteiger partial charge in [0.2, 0.25) is 0 Å². The molecule has 0 aliphatic carbocycles. The van der Waals surface area contributed by atoms with Gasteiger partial charge in [0.25, 0.3) is 10.0 Å². The summed E-state index contributed by atoms with van der Waals surface area (Å²) in [7, 11) is -3.64. The molecule has 0 fully saturated rings. The van der Waals surface area contributed by atoms with Crippen LogP contribution in [0.2, 0.25) is 0 Å². The Morgan fingerprint density at radius 3 is 2.38 bits per heavy atom. The maximum absolute atomic E-state index is 12.3. The van der Waals surface area contributed by atoms with E-state index in [1.54, 1.807) is 13.0 Å². The number of pyridine rings is 1. The van der Waals surface area contributed by atoms with Crippen LogP contribution in [0.5, 0.6) is 0 Å². The molecule has 1 aromatic heterocycles. The molecular weight excluding hydrogens is 286 g/mol. The topological polar surface area (TPSA) is 85.1 Å². The molecule has 0 aliphatic heterocycles. The van der Waals surface area contributed by atoms with Gasteiger partial charge >= 0.3 is 0 Å². The Hall–Kier alpha value is -1.76. The van der Waals surface area contributed by atoms with Gasteiger partial charge in [0.15, 0.2) is 5.03 Å². The lowest BCUT2D eigenvalue weighted by atomic mass is 10.1. The van der Waals surface area contributed by atoms with Gasteiger partial charge in [-0.25, -0.2) is 18.1 Å². The highest BCUT2D eigenvalue weighted by Gasteiger charge is 2.19. The van der Waals surface area contributed by atoms with E-state index in [-0.39, 0.29) is 11.1 Å². The molecule has 0 radical (unpaired) electrons. The van der Waals surface area contributed by atoms with E-state index in [9.17, 15) is 8.42 Å². The van der Waals surface area contributed by atoms with Crippen molar-refractivity contribution >= 4 is 10.0 Å². The van der Waals surface area contributed by atoms with Crippen molar-refractivity contribution in [3.05, 3.63) is 59.3 Å². The molecule has 5 nitrogen and oxygen atoms in total. The fraction of sp³-hybridized carbons (Fsp3) is 0.267. The predicted octanol–water partition coefficient (Wildman–Crippen LogP) is 1.89. The average Bonchev–Trinajstić information content (AvgIpc) is 2.47. The third-order valence-electron chi connectivity index (χ3n) is 3.22. The Labute approximate surface area is 125 Å². The van der Waals surface area contributed by atoms with Crippen molar-refractivity contribution in [3.63, 3.8) is 0 Å². The second kappa shape index (κ2) is 6.34. The van der Waals surface area contributed by atoms with Crippen LogP contribution in [0.3, 0.4) is 0 Å². The van der Waals surface area contributed by atoms with Gasteiger partial charge < -0.3 is 5.73 Å². The monoisotopic (exact) mass is 305 g/mol. The van der Waals surface area contributed by atoms with Gasteiger partial charge in [-0.2, -0.15) is 0 Å². The predicted molar refractivity (Wildman–Crippen MR) is 82.0 cm³/mol. The minimum Gasteiger partial charge on any atom is -0.326 e. The highest BCUT2D eigenvalue weighted by atomic mass is 32.2. The molecule has 6 heteroatoms. The summed E-state index contributed by atoms with van der Waals surface area (Å²) in [6.45, 7) is 4.12. The lowest BCUT2D eigenvalue weighted by molar-refractivity contribution is 0.563. The van der Waals surface area contributed by atoms with Crippen LogP contribution >= 0.6 is 0 Å². The summed E-state index contributed by atoms with van der Waals surface area (Å²) in [5.74, 6) is 0. The Kier molecular flexibility index (Phi) is 4.72. The number of benzene rings is 1. The van der Waals surface area contributed by atoms with Crippen molar-refractivity contribution in [2.45, 2.75) is 31.5 Å². The van der Waals surface area contributed by atoms with E-state index in [0.717, 1.165) is 16.7 Å². The average molecular weight is 305 g/mol. The summed E-state index contributed by atoms with van der Waals surface area (Å²) < 4.78 is 27.2. The van der Waals surface area contributed by atoms with Crippen molar-refractivity contribution in [2.24, 2.45) is 5.73 Å². The van der Waals surface area contributed by atoms with Crippen LogP contribution in [0, 0.1) is 6.92 Å². The summed E-state index contributed by atoms with van der Waals surface area (Å²) in [5, 5.41) is -0.00124. The van der Waals surface area contributed by atoms with Crippen molar-refractivity contribution in [2.75, 3.05) is 0 Å². The highest BCUT2D eigenvalue weighted by Crippen LogP contribution is 2.16. The zero-order valence-corrected chi connectivity index (χ0v) is 12.9. The van der Waals surface area contributed by atoms with E-state index in [1.807, 2.05) is 31.2 Å². The summed E-state index contributed by atoms with van der Waals surface area (Å²) in [5.41, 5.74) is 8.30. The zero-order chi connectivity index (χ0) is 15.5. The summed E-state index contributed by atoms with van der Waals surface area (Å²) in [6.07, 6.45) is 1.48. The van der Waals surface area contributed by atoms with Crippen LogP contribution in [-0.2, 0) is 16.6 Å². The van der Waals surface area contributed by atoms with Crippen LogP contribution in [0.15, 0.2) is 47.6 Å². The smallest absolute Gasteiger partial charge is 0.258 e. The van der Waals surface area contributed by atoms with Gasteiger partial charge in [0.05, 0.1) is 0 Å². The van der Waals surface area contributed by atoms with Crippen LogP contribution in [0.25, 0.3) is 0 Å². The van der Waals surface area contributed by atoms with Crippen molar-refractivity contribution in [1.82, 2.24) is 9.71 Å². The molecule has 0 saturated heterocycles. The number of aromatic nitrogens is 1. The number of nitrogens with one attached hydrogen (secondary N) is 1. The number of nitrogens with two attached hydrogens (primary N) is 1. The van der Waals surface area contributed by atoms with Crippen molar-refractivity contribution in [1.29, 1.82) is 0 Å². The lowest BCUT2D eigenvalue weighted by Crippen LogP contribution is -2.27. The first-order valence-corrected chi connectivity index (χ1v) is 8.14. The van der Waals surface area contributed by atoms with Crippen LogP contribution in [0.4, 0.5) is 0 Å². The van der Waals surface area contributed by atoms with E-state index >= 15 is 0 Å². The van der Waals surface area contributed by atoms with Gasteiger partial charge in [0, 0.05) is 18.8 Å². The molecule has 0 aliphatic rings. The van der Waals surface area contributed by atoms with E-state index in [2.05, 4.69) is 9.71 Å². The second-order valence-electron chi connectivity index (χ2n) is 4.96. The summed E-state index contributed by atoms with van der Waals surface area (Å²) in [6, 6.07) is 10.5. The second-order valence-corrected chi connectivity index (χ2v) is 6.62. The van der Waals surface area contributed by atoms with Crippen LogP contribution in [-0.4, -0.2) is 13.4 Å². The molecule has 1 atom stereocenters. The normalized spacial score (nSPS) is 13.1. The SMILES string of the molecule is Cc1ccc(C(C)NS(=O)(=O)c2ccc(CN)cn2)cc1. The first kappa shape index (κ1) is 15.6. The first-order chi connectivity index (χ1) is 9.92. The maximum Gasteiger partial charge on any atom is 0.258 e. The molecule has 0 amide bonds. The van der Waals surface area contributed by atoms with Gasteiger partial charge in [-0.3, -0.25) is 0 Å². The van der Waals surface area contributed by atoms with Crippen molar-refractivity contribution < 1.29 is 8.42 Å². The third kappa shape index (κ3) is 3.87. The van der Waals surface area contributed by atoms with Gasteiger partial charge in [0.1, 0.15) is 0 Å². The van der Waals surface area contributed by atoms with E-state index < -0.39 is 10.0 Å². The number of hydrogen-bond donors (Lipinski definition) is 2. The molecule has 0 saturated carbocycles. The largest absolute Gasteiger partial charge is 0.326 e. The Balaban J connectivity index is 2.17. The molecule has 1 aromatic carbocycles. The number of sulfonamides is 1. The minimum atomic E-state index is -3.64. The van der Waals surface area contributed by atoms with Crippen LogP contribution in [0.1, 0.15) is 29.7 Å². The molecule has 1 heterocycles. The Morgan fingerprint density at radius 1 is 1.19 bits per heavy atom. The Bertz CT molecular complexity index is 695. The van der Waals surface area contributed by atoms with Crippen molar-refractivity contribution in [3.8, 4) is 0 Å². The highest BCUT2D eigenvalue weighted by molar-refractivity contribution is 7.89. The third-order valence-corrected chi connectivity index (χ3v) is 4.67. The fourth-order valence-electron chi connectivity index (χ4n) is 1.91. The van der Waals surface area contributed by atoms with E-state index in [4.69, 9.17) is 5.73 Å². The number of hydrogen-bond acceptors (Lipinski definition) is 4. The maximum atomic E-state index is 12.3. The zero-order valence-electron chi connectivity index (χ0n) is 12.1. The number of rotatable bonds is 5. The molecule has 0 spiro atoms. The summed E-state index contributed by atoms with van der Waals surface area (Å²) >= 11 is 0. The standard InChI is InChI=1S/C15H19N3O2S/c1-11-3-6-14(7-4-11)12(2)18-21(19,20)15-8-5-13(9-16)10-17-15/h3-8,10,12,18H,9,16H2,1-2H3. The Morgan fingerprint density at radius 2 is 1.86 bits per heavy atom. The quantitative estimate of drug-likeness (QED) is 0.883. The molecule has 2 rings (SSSR count). The molecule has 112 valence electrons. The molecular formula is C15H19N3O2S. The van der Waals surface area contributed by atoms with Gasteiger partial charge in [-0.1, -0.05) is 35.9 Å². The minimum absolute atomic E-state index is 0.00124. The summed E-state index contributed by atoms with van der Waals surface area (Å²) in [4.78, 5) is 3.95. The number of nitrogens with zero attached hydrogens (tertiary/aromatic N) is 1. The molecule has 0 bridgehead atoms. The van der Waals surface area contributed by atoms with E-state index in [1.165, 1.54) is 12.3 Å². The molecule has 3 N–H and O–H groups in total. The molecule has 1 unspecified atom stereocenters. The lowest BCUT2D eigenvalue weighted by Gasteiger charge is -2.14. The fourth-order valence-corrected chi connectivity index (χ4v) is 3.07. The van der Waals surface area contributed by atoms with Gasteiger partial charge in [-0.05, 0) is 31.0 Å². The first-order valence-electron chi connectivity index (χ1n) is 6.66. The van der Waals surface area contributed by atoms with Crippen LogP contribution < -0.4 is 10.5 Å². The number of aryl methyl sites for hydroxylation is 1. The van der Waals surface area contributed by atoms with Gasteiger partial charge in [-0.15, -0.1) is 0 Å². The van der Waals surface area contributed by atoms with E-state index in [0.29, 0.717) is 6.54 Å². The molecule has 21 heavy (non-hydrogen) atoms.